The van der Waals surface area contributed by atoms with E-state index in [9.17, 15) is 13.2 Å². The van der Waals surface area contributed by atoms with Gasteiger partial charge in [-0.05, 0) is 55.3 Å². The van der Waals surface area contributed by atoms with Gasteiger partial charge >= 0.3 is 0 Å². The summed E-state index contributed by atoms with van der Waals surface area (Å²) in [5.74, 6) is 0.886. The number of hydrogen-bond acceptors (Lipinski definition) is 4. The second-order valence-corrected chi connectivity index (χ2v) is 9.52. The number of sulfonamides is 1. The molecule has 32 heavy (non-hydrogen) atoms. The highest BCUT2D eigenvalue weighted by Gasteiger charge is 2.22. The van der Waals surface area contributed by atoms with Crippen molar-refractivity contribution in [2.24, 2.45) is 0 Å². The van der Waals surface area contributed by atoms with Crippen LogP contribution >= 0.6 is 0 Å². The molecule has 3 aromatic carbocycles. The summed E-state index contributed by atoms with van der Waals surface area (Å²) >= 11 is 0. The summed E-state index contributed by atoms with van der Waals surface area (Å²) in [5.41, 5.74) is 2.52. The van der Waals surface area contributed by atoms with Crippen LogP contribution in [0.15, 0.2) is 78.9 Å². The highest BCUT2D eigenvalue weighted by molar-refractivity contribution is 7.92. The van der Waals surface area contributed by atoms with Crippen LogP contribution in [0.1, 0.15) is 30.5 Å². The molecule has 168 valence electrons. The van der Waals surface area contributed by atoms with E-state index >= 15 is 0 Å². The number of nitrogens with zero attached hydrogens (tertiary/aromatic N) is 1. The van der Waals surface area contributed by atoms with Crippen LogP contribution in [0.2, 0.25) is 0 Å². The molecule has 0 bridgehead atoms. The lowest BCUT2D eigenvalue weighted by molar-refractivity contribution is -0.120. The first-order valence-corrected chi connectivity index (χ1v) is 12.3. The molecular weight excluding hydrogens is 424 g/mol. The molecule has 3 aromatic rings. The van der Waals surface area contributed by atoms with E-state index < -0.39 is 10.0 Å². The normalized spacial score (nSPS) is 12.1. The zero-order chi connectivity index (χ0) is 23.1. The molecule has 1 N–H and O–H groups in total. The van der Waals surface area contributed by atoms with Gasteiger partial charge in [-0.2, -0.15) is 0 Å². The third-order valence-corrected chi connectivity index (χ3v) is 6.15. The van der Waals surface area contributed by atoms with Crippen molar-refractivity contribution < 1.29 is 17.9 Å². The molecule has 3 rings (SSSR count). The van der Waals surface area contributed by atoms with Gasteiger partial charge in [0.05, 0.1) is 18.0 Å². The van der Waals surface area contributed by atoms with Gasteiger partial charge in [-0.25, -0.2) is 8.42 Å². The number of aryl methyl sites for hydroxylation is 1. The van der Waals surface area contributed by atoms with E-state index in [1.165, 1.54) is 0 Å². The fourth-order valence-electron chi connectivity index (χ4n) is 3.30. The Balaban J connectivity index is 1.72. The molecule has 0 spiro atoms. The Kier molecular flexibility index (Phi) is 7.53. The van der Waals surface area contributed by atoms with Crippen LogP contribution in [0.5, 0.6) is 11.5 Å². The maximum absolute atomic E-state index is 12.7. The first-order valence-electron chi connectivity index (χ1n) is 10.4. The van der Waals surface area contributed by atoms with E-state index in [0.717, 1.165) is 21.7 Å². The van der Waals surface area contributed by atoms with Crippen LogP contribution in [0.25, 0.3) is 0 Å². The van der Waals surface area contributed by atoms with E-state index in [-0.39, 0.29) is 18.5 Å². The maximum Gasteiger partial charge on any atom is 0.241 e. The Morgan fingerprint density at radius 2 is 1.53 bits per heavy atom. The number of rotatable bonds is 9. The number of carbonyl (C=O) groups is 1. The van der Waals surface area contributed by atoms with Crippen molar-refractivity contribution in [1.82, 2.24) is 5.32 Å². The molecule has 0 aliphatic heterocycles. The van der Waals surface area contributed by atoms with Crippen LogP contribution < -0.4 is 14.4 Å². The fourth-order valence-corrected chi connectivity index (χ4v) is 4.15. The van der Waals surface area contributed by atoms with Gasteiger partial charge in [-0.3, -0.25) is 9.10 Å². The molecule has 1 unspecified atom stereocenters. The minimum atomic E-state index is -3.67. The number of nitrogens with one attached hydrogen (secondary N) is 1. The van der Waals surface area contributed by atoms with Crippen molar-refractivity contribution in [3.8, 4) is 11.5 Å². The van der Waals surface area contributed by atoms with E-state index in [1.54, 1.807) is 24.3 Å². The molecule has 6 nitrogen and oxygen atoms in total. The summed E-state index contributed by atoms with van der Waals surface area (Å²) in [7, 11) is -3.67. The molecule has 0 fully saturated rings. The zero-order valence-corrected chi connectivity index (χ0v) is 19.3. The fraction of sp³-hybridized carbons (Fsp3) is 0.240. The number of amides is 1. The minimum absolute atomic E-state index is 0.189. The number of para-hydroxylation sites is 1. The Morgan fingerprint density at radius 3 is 2.09 bits per heavy atom. The predicted molar refractivity (Wildman–Crippen MR) is 128 cm³/mol. The number of hydrogen-bond donors (Lipinski definition) is 1. The molecule has 0 aromatic heterocycles. The standard InChI is InChI=1S/C25H28N2O4S/c1-4-24(20-12-10-19(2)11-13-20)26-25(28)18-27(32(3,29)30)21-14-16-23(17-15-21)31-22-8-6-5-7-9-22/h5-17,24H,4,18H2,1-3H3,(H,26,28). The zero-order valence-electron chi connectivity index (χ0n) is 18.5. The van der Waals surface area contributed by atoms with Crippen LogP contribution in [0.3, 0.4) is 0 Å². The quantitative estimate of drug-likeness (QED) is 0.505. The largest absolute Gasteiger partial charge is 0.457 e. The van der Waals surface area contributed by atoms with Gasteiger partial charge in [0.2, 0.25) is 15.9 Å². The molecule has 0 aliphatic rings. The molecular formula is C25H28N2O4S. The van der Waals surface area contributed by atoms with Gasteiger partial charge in [-0.15, -0.1) is 0 Å². The van der Waals surface area contributed by atoms with E-state index in [2.05, 4.69) is 5.32 Å². The Hall–Kier alpha value is -3.32. The maximum atomic E-state index is 12.7. The molecule has 0 heterocycles. The lowest BCUT2D eigenvalue weighted by Gasteiger charge is -2.24. The summed E-state index contributed by atoms with van der Waals surface area (Å²) in [6, 6.07) is 23.7. The molecule has 0 saturated heterocycles. The van der Waals surface area contributed by atoms with Gasteiger partial charge in [0.15, 0.2) is 0 Å². The SMILES string of the molecule is CCC(NC(=O)CN(c1ccc(Oc2ccccc2)cc1)S(C)(=O)=O)c1ccc(C)cc1. The van der Waals surface area contributed by atoms with Crippen LogP contribution in [-0.4, -0.2) is 27.1 Å². The number of carbonyl (C=O) groups excluding carboxylic acids is 1. The first-order chi connectivity index (χ1) is 15.3. The molecule has 1 atom stereocenters. The third kappa shape index (κ3) is 6.34. The summed E-state index contributed by atoms with van der Waals surface area (Å²) in [5, 5.41) is 2.95. The van der Waals surface area contributed by atoms with E-state index in [0.29, 0.717) is 23.6 Å². The van der Waals surface area contributed by atoms with Crippen molar-refractivity contribution in [3.63, 3.8) is 0 Å². The molecule has 0 saturated carbocycles. The summed E-state index contributed by atoms with van der Waals surface area (Å²) in [6.07, 6.45) is 1.78. The number of benzene rings is 3. The first kappa shape index (κ1) is 23.3. The molecule has 7 heteroatoms. The van der Waals surface area contributed by atoms with Crippen molar-refractivity contribution in [1.29, 1.82) is 0 Å². The van der Waals surface area contributed by atoms with Gasteiger partial charge in [-0.1, -0.05) is 55.0 Å². The molecule has 1 amide bonds. The van der Waals surface area contributed by atoms with Crippen LogP contribution in [0, 0.1) is 6.92 Å². The van der Waals surface area contributed by atoms with Gasteiger partial charge in [0, 0.05) is 0 Å². The van der Waals surface area contributed by atoms with Crippen molar-refractivity contribution in [3.05, 3.63) is 90.0 Å². The lowest BCUT2D eigenvalue weighted by Crippen LogP contribution is -2.41. The second-order valence-electron chi connectivity index (χ2n) is 7.62. The Bertz CT molecular complexity index is 1130. The van der Waals surface area contributed by atoms with Crippen molar-refractivity contribution in [2.75, 3.05) is 17.1 Å². The summed E-state index contributed by atoms with van der Waals surface area (Å²) in [6.45, 7) is 3.67. The van der Waals surface area contributed by atoms with E-state index in [1.807, 2.05) is 68.4 Å². The van der Waals surface area contributed by atoms with Crippen LogP contribution in [0.4, 0.5) is 5.69 Å². The Labute approximate surface area is 189 Å². The summed E-state index contributed by atoms with van der Waals surface area (Å²) in [4.78, 5) is 12.7. The Morgan fingerprint density at radius 1 is 0.938 bits per heavy atom. The van der Waals surface area contributed by atoms with Crippen molar-refractivity contribution >= 4 is 21.6 Å². The number of anilines is 1. The molecule has 0 radical (unpaired) electrons. The predicted octanol–water partition coefficient (Wildman–Crippen LogP) is 4.82. The minimum Gasteiger partial charge on any atom is -0.457 e. The van der Waals surface area contributed by atoms with Gasteiger partial charge in [0.1, 0.15) is 18.0 Å². The van der Waals surface area contributed by atoms with Gasteiger partial charge < -0.3 is 10.1 Å². The smallest absolute Gasteiger partial charge is 0.241 e. The highest BCUT2D eigenvalue weighted by Crippen LogP contribution is 2.25. The number of ether oxygens (including phenoxy) is 1. The summed E-state index contributed by atoms with van der Waals surface area (Å²) < 4.78 is 31.7. The topological polar surface area (TPSA) is 75.7 Å². The lowest BCUT2D eigenvalue weighted by atomic mass is 10.0. The molecule has 0 aliphatic carbocycles. The third-order valence-electron chi connectivity index (χ3n) is 5.01. The second kappa shape index (κ2) is 10.3. The van der Waals surface area contributed by atoms with Crippen LogP contribution in [-0.2, 0) is 14.8 Å². The van der Waals surface area contributed by atoms with Crippen molar-refractivity contribution in [2.45, 2.75) is 26.3 Å². The highest BCUT2D eigenvalue weighted by atomic mass is 32.2. The van der Waals surface area contributed by atoms with Gasteiger partial charge in [0.25, 0.3) is 0 Å². The average Bonchev–Trinajstić information content (AvgIpc) is 2.77. The average molecular weight is 453 g/mol. The monoisotopic (exact) mass is 452 g/mol. The van der Waals surface area contributed by atoms with E-state index in [4.69, 9.17) is 4.74 Å².